The van der Waals surface area contributed by atoms with Crippen molar-refractivity contribution in [1.82, 2.24) is 4.57 Å². The number of fused-ring (bicyclic) bond motifs is 1. The zero-order chi connectivity index (χ0) is 15.1. The Bertz CT molecular complexity index is 726. The molecule has 2 rings (SSSR count). The minimum atomic E-state index is -0.841. The van der Waals surface area contributed by atoms with Gasteiger partial charge in [0.2, 0.25) is 0 Å². The standard InChI is InChI=1S/C13H13ClFNO4/c1-13(2,3)20-9(17)6-16-11-8(19-12(16)18)5-4-7(14)10(11)15/h4-5H,6H2,1-3H3. The van der Waals surface area contributed by atoms with Crippen molar-refractivity contribution in [2.75, 3.05) is 0 Å². The van der Waals surface area contributed by atoms with Gasteiger partial charge >= 0.3 is 11.7 Å². The van der Waals surface area contributed by atoms with Crippen LogP contribution in [0.25, 0.3) is 11.1 Å². The van der Waals surface area contributed by atoms with E-state index >= 15 is 0 Å². The predicted octanol–water partition coefficient (Wildman–Crippen LogP) is 2.73. The van der Waals surface area contributed by atoms with Crippen molar-refractivity contribution in [3.8, 4) is 0 Å². The first kappa shape index (κ1) is 14.6. The largest absolute Gasteiger partial charge is 0.459 e. The van der Waals surface area contributed by atoms with Gasteiger partial charge in [-0.3, -0.25) is 9.36 Å². The summed E-state index contributed by atoms with van der Waals surface area (Å²) in [6.07, 6.45) is 0. The molecule has 0 saturated heterocycles. The van der Waals surface area contributed by atoms with Gasteiger partial charge in [0.25, 0.3) is 0 Å². The first-order valence-electron chi connectivity index (χ1n) is 5.88. The minimum absolute atomic E-state index is 0.0282. The van der Waals surface area contributed by atoms with E-state index in [1.165, 1.54) is 12.1 Å². The molecule has 0 saturated carbocycles. The number of hydrogen-bond acceptors (Lipinski definition) is 4. The van der Waals surface area contributed by atoms with Crippen LogP contribution in [0, 0.1) is 5.82 Å². The maximum atomic E-state index is 14.0. The molecule has 2 aromatic rings. The maximum Gasteiger partial charge on any atom is 0.420 e. The number of halogens is 2. The Labute approximate surface area is 118 Å². The first-order chi connectivity index (χ1) is 9.19. The zero-order valence-electron chi connectivity index (χ0n) is 11.2. The summed E-state index contributed by atoms with van der Waals surface area (Å²) < 4.78 is 24.8. The number of esters is 1. The van der Waals surface area contributed by atoms with Crippen LogP contribution in [-0.2, 0) is 16.1 Å². The van der Waals surface area contributed by atoms with E-state index in [1.54, 1.807) is 20.8 Å². The van der Waals surface area contributed by atoms with Gasteiger partial charge in [0.05, 0.1) is 5.02 Å². The maximum absolute atomic E-state index is 14.0. The number of aromatic nitrogens is 1. The van der Waals surface area contributed by atoms with Crippen LogP contribution in [0.15, 0.2) is 21.3 Å². The molecule has 1 aromatic carbocycles. The van der Waals surface area contributed by atoms with Gasteiger partial charge in [-0.1, -0.05) is 11.6 Å². The van der Waals surface area contributed by atoms with Crippen molar-refractivity contribution in [2.45, 2.75) is 32.9 Å². The van der Waals surface area contributed by atoms with Gasteiger partial charge in [0.15, 0.2) is 11.4 Å². The lowest BCUT2D eigenvalue weighted by atomic mass is 10.2. The normalized spacial score (nSPS) is 11.8. The van der Waals surface area contributed by atoms with Crippen LogP contribution in [0.4, 0.5) is 4.39 Å². The molecule has 0 unspecified atom stereocenters. The molecular formula is C13H13ClFNO4. The second-order valence-electron chi connectivity index (χ2n) is 5.25. The highest BCUT2D eigenvalue weighted by Gasteiger charge is 2.21. The summed E-state index contributed by atoms with van der Waals surface area (Å²) >= 11 is 5.66. The number of carbonyl (C=O) groups excluding carboxylic acids is 1. The molecule has 1 heterocycles. The molecule has 0 bridgehead atoms. The second-order valence-corrected chi connectivity index (χ2v) is 5.66. The minimum Gasteiger partial charge on any atom is -0.459 e. The summed E-state index contributed by atoms with van der Waals surface area (Å²) in [6.45, 7) is 4.64. The molecule has 108 valence electrons. The van der Waals surface area contributed by atoms with Gasteiger partial charge in [-0.05, 0) is 32.9 Å². The van der Waals surface area contributed by atoms with Crippen molar-refractivity contribution < 1.29 is 18.3 Å². The van der Waals surface area contributed by atoms with E-state index in [0.29, 0.717) is 0 Å². The summed E-state index contributed by atoms with van der Waals surface area (Å²) in [7, 11) is 0. The summed E-state index contributed by atoms with van der Waals surface area (Å²) in [4.78, 5) is 23.4. The van der Waals surface area contributed by atoms with Gasteiger partial charge in [0, 0.05) is 0 Å². The number of hydrogen-bond donors (Lipinski definition) is 0. The van der Waals surface area contributed by atoms with Crippen LogP contribution in [0.1, 0.15) is 20.8 Å². The molecule has 0 atom stereocenters. The fourth-order valence-electron chi connectivity index (χ4n) is 1.74. The van der Waals surface area contributed by atoms with Gasteiger partial charge in [0.1, 0.15) is 17.7 Å². The number of rotatable bonds is 2. The van der Waals surface area contributed by atoms with E-state index in [9.17, 15) is 14.0 Å². The van der Waals surface area contributed by atoms with Crippen molar-refractivity contribution >= 4 is 28.7 Å². The smallest absolute Gasteiger partial charge is 0.420 e. The molecule has 0 radical (unpaired) electrons. The van der Waals surface area contributed by atoms with Gasteiger partial charge < -0.3 is 9.15 Å². The molecule has 0 amide bonds. The Morgan fingerprint density at radius 3 is 2.70 bits per heavy atom. The van der Waals surface area contributed by atoms with Crippen molar-refractivity contribution in [1.29, 1.82) is 0 Å². The fraction of sp³-hybridized carbons (Fsp3) is 0.385. The number of carbonyl (C=O) groups is 1. The van der Waals surface area contributed by atoms with Crippen LogP contribution in [0.2, 0.25) is 5.02 Å². The number of benzene rings is 1. The highest BCUT2D eigenvalue weighted by molar-refractivity contribution is 6.31. The third kappa shape index (κ3) is 2.85. The lowest BCUT2D eigenvalue weighted by molar-refractivity contribution is -0.155. The molecule has 1 aromatic heterocycles. The monoisotopic (exact) mass is 301 g/mol. The Balaban J connectivity index is 2.45. The molecule has 0 N–H and O–H groups in total. The van der Waals surface area contributed by atoms with E-state index in [2.05, 4.69) is 0 Å². The molecule has 20 heavy (non-hydrogen) atoms. The first-order valence-corrected chi connectivity index (χ1v) is 6.26. The third-order valence-electron chi connectivity index (χ3n) is 2.43. The molecule has 0 spiro atoms. The Hall–Kier alpha value is -1.82. The van der Waals surface area contributed by atoms with Crippen LogP contribution in [-0.4, -0.2) is 16.1 Å². The van der Waals surface area contributed by atoms with Crippen molar-refractivity contribution in [3.63, 3.8) is 0 Å². The average Bonchev–Trinajstić information content (AvgIpc) is 2.59. The van der Waals surface area contributed by atoms with E-state index in [4.69, 9.17) is 20.8 Å². The molecule has 0 aliphatic carbocycles. The number of ether oxygens (including phenoxy) is 1. The summed E-state index contributed by atoms with van der Waals surface area (Å²) in [6, 6.07) is 2.65. The molecule has 7 heteroatoms. The van der Waals surface area contributed by atoms with Crippen LogP contribution < -0.4 is 5.76 Å². The molecular weight excluding hydrogens is 289 g/mol. The molecule has 0 fully saturated rings. The second kappa shape index (κ2) is 4.94. The third-order valence-corrected chi connectivity index (χ3v) is 2.72. The van der Waals surface area contributed by atoms with E-state index in [1.807, 2.05) is 0 Å². The van der Waals surface area contributed by atoms with E-state index < -0.39 is 29.7 Å². The summed E-state index contributed by atoms with van der Waals surface area (Å²) in [5.74, 6) is -2.31. The zero-order valence-corrected chi connectivity index (χ0v) is 12.0. The molecule has 0 aliphatic heterocycles. The Morgan fingerprint density at radius 1 is 1.45 bits per heavy atom. The number of nitrogens with zero attached hydrogens (tertiary/aromatic N) is 1. The van der Waals surface area contributed by atoms with E-state index in [0.717, 1.165) is 4.57 Å². The van der Waals surface area contributed by atoms with Crippen LogP contribution >= 0.6 is 11.6 Å². The highest BCUT2D eigenvalue weighted by Crippen LogP contribution is 2.24. The topological polar surface area (TPSA) is 61.4 Å². The molecule has 0 aliphatic rings. The lowest BCUT2D eigenvalue weighted by Crippen LogP contribution is -2.29. The summed E-state index contributed by atoms with van der Waals surface area (Å²) in [5, 5.41) is -0.156. The van der Waals surface area contributed by atoms with E-state index in [-0.39, 0.29) is 16.1 Å². The van der Waals surface area contributed by atoms with Crippen molar-refractivity contribution in [2.24, 2.45) is 0 Å². The Kier molecular flexibility index (Phi) is 3.60. The van der Waals surface area contributed by atoms with Gasteiger partial charge in [-0.2, -0.15) is 0 Å². The Morgan fingerprint density at radius 2 is 2.10 bits per heavy atom. The quantitative estimate of drug-likeness (QED) is 0.800. The predicted molar refractivity (Wildman–Crippen MR) is 71.3 cm³/mol. The highest BCUT2D eigenvalue weighted by atomic mass is 35.5. The molecule has 5 nitrogen and oxygen atoms in total. The summed E-state index contributed by atoms with van der Waals surface area (Å²) in [5.41, 5.74) is -0.815. The number of oxazole rings is 1. The van der Waals surface area contributed by atoms with Crippen LogP contribution in [0.3, 0.4) is 0 Å². The average molecular weight is 302 g/mol. The van der Waals surface area contributed by atoms with Gasteiger partial charge in [-0.15, -0.1) is 0 Å². The van der Waals surface area contributed by atoms with Crippen molar-refractivity contribution in [3.05, 3.63) is 33.5 Å². The SMILES string of the molecule is CC(C)(C)OC(=O)Cn1c(=O)oc2ccc(Cl)c(F)c21. The van der Waals surface area contributed by atoms with Gasteiger partial charge in [-0.25, -0.2) is 9.18 Å². The lowest BCUT2D eigenvalue weighted by Gasteiger charge is -2.19. The fourth-order valence-corrected chi connectivity index (χ4v) is 1.90. The van der Waals surface area contributed by atoms with Crippen LogP contribution in [0.5, 0.6) is 0 Å².